The quantitative estimate of drug-likeness (QED) is 0.434. The molecule has 15 heavy (non-hydrogen) atoms. The van der Waals surface area contributed by atoms with Crippen LogP contribution in [0.3, 0.4) is 0 Å². The molecule has 5 heteroatoms. The van der Waals surface area contributed by atoms with Gasteiger partial charge in [-0.1, -0.05) is 0 Å². The van der Waals surface area contributed by atoms with Crippen LogP contribution >= 0.6 is 0 Å². The maximum atomic E-state index is 11.5. The summed E-state index contributed by atoms with van der Waals surface area (Å²) in [5, 5.41) is 27.4. The summed E-state index contributed by atoms with van der Waals surface area (Å²) in [7, 11) is 0. The Labute approximate surface area is 86.8 Å². The number of aromatic hydroxyl groups is 3. The van der Waals surface area contributed by atoms with Crippen molar-refractivity contribution in [1.82, 2.24) is 0 Å². The fraction of sp³-hybridized carbons (Fsp3) is 0.300. The van der Waals surface area contributed by atoms with Crippen molar-refractivity contribution in [3.63, 3.8) is 0 Å². The molecule has 0 aromatic heterocycles. The van der Waals surface area contributed by atoms with E-state index in [-0.39, 0.29) is 17.8 Å². The lowest BCUT2D eigenvalue weighted by Crippen LogP contribution is -2.04. The fourth-order valence-corrected chi connectivity index (χ4v) is 1.17. The summed E-state index contributed by atoms with van der Waals surface area (Å²) < 4.78 is 0. The average molecular weight is 211 g/mol. The molecular weight excluding hydrogens is 198 g/mol. The number of Topliss-reactive ketones (excluding diaryl/α,β-unsaturated/α-hetero) is 1. The Morgan fingerprint density at radius 3 is 2.20 bits per heavy atom. The van der Waals surface area contributed by atoms with Gasteiger partial charge in [-0.25, -0.2) is 0 Å². The zero-order chi connectivity index (χ0) is 11.4. The second kappa shape index (κ2) is 4.65. The molecule has 0 fully saturated rings. The smallest absolute Gasteiger partial charge is 0.200 e. The van der Waals surface area contributed by atoms with E-state index in [1.54, 1.807) is 0 Å². The summed E-state index contributed by atoms with van der Waals surface area (Å²) >= 11 is 0. The molecule has 0 aliphatic carbocycles. The van der Waals surface area contributed by atoms with Gasteiger partial charge in [-0.3, -0.25) is 4.79 Å². The number of phenolic OH excluding ortho intramolecular Hbond substituents is 3. The highest BCUT2D eigenvalue weighted by Crippen LogP contribution is 2.35. The number of ketones is 1. The number of hydrogen-bond acceptors (Lipinski definition) is 5. The van der Waals surface area contributed by atoms with Gasteiger partial charge in [-0.15, -0.1) is 0 Å². The minimum Gasteiger partial charge on any atom is -0.504 e. The van der Waals surface area contributed by atoms with E-state index in [0.29, 0.717) is 13.0 Å². The van der Waals surface area contributed by atoms with Crippen LogP contribution in [0.1, 0.15) is 23.2 Å². The van der Waals surface area contributed by atoms with E-state index >= 15 is 0 Å². The Hall–Kier alpha value is -1.75. The molecule has 1 rings (SSSR count). The van der Waals surface area contributed by atoms with Gasteiger partial charge in [0.1, 0.15) is 0 Å². The summed E-state index contributed by atoms with van der Waals surface area (Å²) in [6.45, 7) is 0.405. The van der Waals surface area contributed by atoms with Crippen molar-refractivity contribution in [1.29, 1.82) is 0 Å². The predicted molar refractivity (Wildman–Crippen MR) is 54.1 cm³/mol. The number of rotatable bonds is 4. The van der Waals surface area contributed by atoms with Gasteiger partial charge in [0.2, 0.25) is 0 Å². The van der Waals surface area contributed by atoms with Crippen molar-refractivity contribution in [3.8, 4) is 17.2 Å². The van der Waals surface area contributed by atoms with Crippen molar-refractivity contribution in [2.24, 2.45) is 5.73 Å². The number of nitrogens with two attached hydrogens (primary N) is 1. The van der Waals surface area contributed by atoms with Gasteiger partial charge in [-0.05, 0) is 25.1 Å². The summed E-state index contributed by atoms with van der Waals surface area (Å²) in [5.41, 5.74) is 5.41. The van der Waals surface area contributed by atoms with Crippen LogP contribution in [0.2, 0.25) is 0 Å². The second-order valence-electron chi connectivity index (χ2n) is 3.18. The molecule has 0 heterocycles. The molecule has 0 saturated heterocycles. The third kappa shape index (κ3) is 2.60. The highest BCUT2D eigenvalue weighted by molar-refractivity contribution is 5.97. The number of carbonyl (C=O) groups is 1. The van der Waals surface area contributed by atoms with Crippen LogP contribution in [0.25, 0.3) is 0 Å². The van der Waals surface area contributed by atoms with E-state index in [9.17, 15) is 4.79 Å². The molecule has 0 atom stereocenters. The van der Waals surface area contributed by atoms with Gasteiger partial charge >= 0.3 is 0 Å². The van der Waals surface area contributed by atoms with E-state index in [2.05, 4.69) is 0 Å². The molecule has 1 aromatic carbocycles. The zero-order valence-electron chi connectivity index (χ0n) is 8.10. The highest BCUT2D eigenvalue weighted by atomic mass is 16.3. The van der Waals surface area contributed by atoms with Crippen LogP contribution in [0.4, 0.5) is 0 Å². The first-order valence-corrected chi connectivity index (χ1v) is 4.54. The first-order valence-electron chi connectivity index (χ1n) is 4.54. The molecule has 0 spiro atoms. The molecule has 82 valence electrons. The lowest BCUT2D eigenvalue weighted by molar-refractivity contribution is 0.0980. The third-order valence-corrected chi connectivity index (χ3v) is 2.00. The second-order valence-corrected chi connectivity index (χ2v) is 3.18. The van der Waals surface area contributed by atoms with Crippen LogP contribution in [0, 0.1) is 0 Å². The third-order valence-electron chi connectivity index (χ3n) is 2.00. The van der Waals surface area contributed by atoms with E-state index in [0.717, 1.165) is 12.1 Å². The standard InChI is InChI=1S/C10H13NO4/c11-3-1-2-7(12)6-4-8(13)10(15)9(14)5-6/h4-5,13-15H,1-3,11H2. The molecule has 0 radical (unpaired) electrons. The molecule has 1 aromatic rings. The summed E-state index contributed by atoms with van der Waals surface area (Å²) in [6, 6.07) is 2.24. The molecule has 0 bridgehead atoms. The number of hydrogen-bond donors (Lipinski definition) is 4. The molecular formula is C10H13NO4. The van der Waals surface area contributed by atoms with Gasteiger partial charge in [0.25, 0.3) is 0 Å². The first-order chi connectivity index (χ1) is 7.06. The molecule has 0 unspecified atom stereocenters. The number of benzene rings is 1. The molecule has 0 aliphatic heterocycles. The van der Waals surface area contributed by atoms with Crippen LogP contribution in [-0.4, -0.2) is 27.6 Å². The Balaban J connectivity index is 2.91. The Morgan fingerprint density at radius 1 is 1.20 bits per heavy atom. The SMILES string of the molecule is NCCCC(=O)c1cc(O)c(O)c(O)c1. The lowest BCUT2D eigenvalue weighted by atomic mass is 10.1. The van der Waals surface area contributed by atoms with E-state index < -0.39 is 17.2 Å². The minimum absolute atomic E-state index is 0.163. The van der Waals surface area contributed by atoms with Crippen molar-refractivity contribution < 1.29 is 20.1 Å². The van der Waals surface area contributed by atoms with E-state index in [1.807, 2.05) is 0 Å². The Kier molecular flexibility index (Phi) is 3.51. The maximum Gasteiger partial charge on any atom is 0.200 e. The highest BCUT2D eigenvalue weighted by Gasteiger charge is 2.12. The summed E-state index contributed by atoms with van der Waals surface area (Å²) in [4.78, 5) is 11.5. The Bertz CT molecular complexity index is 353. The van der Waals surface area contributed by atoms with Crippen LogP contribution in [0.15, 0.2) is 12.1 Å². The van der Waals surface area contributed by atoms with Gasteiger partial charge < -0.3 is 21.1 Å². The lowest BCUT2D eigenvalue weighted by Gasteiger charge is -2.04. The predicted octanol–water partition coefficient (Wildman–Crippen LogP) is 0.725. The van der Waals surface area contributed by atoms with E-state index in [4.69, 9.17) is 21.1 Å². The van der Waals surface area contributed by atoms with Gasteiger partial charge in [-0.2, -0.15) is 0 Å². The monoisotopic (exact) mass is 211 g/mol. The zero-order valence-corrected chi connectivity index (χ0v) is 8.10. The van der Waals surface area contributed by atoms with Gasteiger partial charge in [0, 0.05) is 12.0 Å². The fourth-order valence-electron chi connectivity index (χ4n) is 1.17. The topological polar surface area (TPSA) is 104 Å². The van der Waals surface area contributed by atoms with Crippen LogP contribution < -0.4 is 5.73 Å². The summed E-state index contributed by atoms with van der Waals surface area (Å²) in [5.74, 6) is -1.87. The van der Waals surface area contributed by atoms with Crippen LogP contribution in [0.5, 0.6) is 17.2 Å². The average Bonchev–Trinajstić information content (AvgIpc) is 2.21. The van der Waals surface area contributed by atoms with Crippen molar-refractivity contribution >= 4 is 5.78 Å². The number of carbonyl (C=O) groups excluding carboxylic acids is 1. The molecule has 0 saturated carbocycles. The van der Waals surface area contributed by atoms with E-state index in [1.165, 1.54) is 0 Å². The number of phenols is 3. The molecule has 5 nitrogen and oxygen atoms in total. The van der Waals surface area contributed by atoms with Gasteiger partial charge in [0.05, 0.1) is 0 Å². The molecule has 0 aliphatic rings. The largest absolute Gasteiger partial charge is 0.504 e. The summed E-state index contributed by atoms with van der Waals surface area (Å²) in [6.07, 6.45) is 0.793. The normalized spacial score (nSPS) is 10.2. The van der Waals surface area contributed by atoms with Crippen molar-refractivity contribution in [2.75, 3.05) is 6.54 Å². The molecule has 5 N–H and O–H groups in total. The Morgan fingerprint density at radius 2 is 1.73 bits per heavy atom. The maximum absolute atomic E-state index is 11.5. The van der Waals surface area contributed by atoms with Crippen LogP contribution in [-0.2, 0) is 0 Å². The molecule has 0 amide bonds. The minimum atomic E-state index is -0.620. The first kappa shape index (κ1) is 11.3. The van der Waals surface area contributed by atoms with Crippen molar-refractivity contribution in [3.05, 3.63) is 17.7 Å². The van der Waals surface area contributed by atoms with Gasteiger partial charge in [0.15, 0.2) is 23.0 Å². The van der Waals surface area contributed by atoms with Crippen molar-refractivity contribution in [2.45, 2.75) is 12.8 Å².